The van der Waals surface area contributed by atoms with Crippen molar-refractivity contribution in [2.24, 2.45) is 4.99 Å². The number of guanidine groups is 1. The van der Waals surface area contributed by atoms with E-state index in [4.69, 9.17) is 4.74 Å². The van der Waals surface area contributed by atoms with E-state index in [1.807, 2.05) is 20.8 Å². The average Bonchev–Trinajstić information content (AvgIpc) is 2.60. The van der Waals surface area contributed by atoms with Gasteiger partial charge in [0.15, 0.2) is 5.96 Å². The highest BCUT2D eigenvalue weighted by Gasteiger charge is 2.13. The van der Waals surface area contributed by atoms with E-state index in [0.717, 1.165) is 0 Å². The molecule has 1 aromatic rings. The molecule has 0 aromatic heterocycles. The van der Waals surface area contributed by atoms with Crippen molar-refractivity contribution in [1.29, 1.82) is 0 Å². The van der Waals surface area contributed by atoms with Crippen LogP contribution >= 0.6 is 24.0 Å². The molecular weight excluding hydrogens is 498 g/mol. The molecule has 1 unspecified atom stereocenters. The van der Waals surface area contributed by atoms with Crippen molar-refractivity contribution >= 4 is 40.0 Å². The molecule has 7 nitrogen and oxygen atoms in total. The molecule has 0 aliphatic rings. The molecule has 162 valence electrons. The standard InChI is InChI=1S/C18H31FN4O3S.HI/c1-5-20-18(21-12-7-13-23(6-2)27(4,24)25)22-14-15(3)26-17-10-8-16(19)9-11-17;/h8-11,15H,5-7,12-14H2,1-4H3,(H2,20,21,22);1H. The maximum Gasteiger partial charge on any atom is 0.211 e. The minimum Gasteiger partial charge on any atom is -0.489 e. The summed E-state index contributed by atoms with van der Waals surface area (Å²) in [6, 6.07) is 5.88. The number of hydrogen-bond donors (Lipinski definition) is 2. The maximum absolute atomic E-state index is 12.9. The van der Waals surface area contributed by atoms with Crippen LogP contribution in [0.3, 0.4) is 0 Å². The lowest BCUT2D eigenvalue weighted by molar-refractivity contribution is 0.230. The monoisotopic (exact) mass is 530 g/mol. The Morgan fingerprint density at radius 3 is 2.43 bits per heavy atom. The lowest BCUT2D eigenvalue weighted by Crippen LogP contribution is -2.40. The Morgan fingerprint density at radius 1 is 1.25 bits per heavy atom. The van der Waals surface area contributed by atoms with Crippen LogP contribution in [-0.2, 0) is 10.0 Å². The van der Waals surface area contributed by atoms with Gasteiger partial charge < -0.3 is 15.4 Å². The van der Waals surface area contributed by atoms with Crippen molar-refractivity contribution in [2.75, 3.05) is 39.0 Å². The molecule has 0 amide bonds. The second-order valence-corrected chi connectivity index (χ2v) is 8.12. The van der Waals surface area contributed by atoms with Crippen LogP contribution in [0.25, 0.3) is 0 Å². The van der Waals surface area contributed by atoms with Gasteiger partial charge in [-0.1, -0.05) is 6.92 Å². The molecule has 0 saturated heterocycles. The highest BCUT2D eigenvalue weighted by atomic mass is 127. The zero-order valence-electron chi connectivity index (χ0n) is 16.9. The second kappa shape index (κ2) is 13.9. The summed E-state index contributed by atoms with van der Waals surface area (Å²) in [6.45, 7) is 8.35. The number of sulfonamides is 1. The van der Waals surface area contributed by atoms with Gasteiger partial charge >= 0.3 is 0 Å². The van der Waals surface area contributed by atoms with Gasteiger partial charge in [-0.05, 0) is 44.5 Å². The number of halogens is 2. The Bertz CT molecular complexity index is 687. The molecule has 0 spiro atoms. The quantitative estimate of drug-likeness (QED) is 0.199. The molecule has 0 saturated carbocycles. The highest BCUT2D eigenvalue weighted by molar-refractivity contribution is 14.0. The van der Waals surface area contributed by atoms with Gasteiger partial charge in [-0.2, -0.15) is 0 Å². The number of rotatable bonds is 11. The molecule has 0 heterocycles. The Hall–Kier alpha value is -1.14. The predicted molar refractivity (Wildman–Crippen MR) is 123 cm³/mol. The first-order valence-electron chi connectivity index (χ1n) is 9.15. The van der Waals surface area contributed by atoms with E-state index in [0.29, 0.717) is 50.9 Å². The second-order valence-electron chi connectivity index (χ2n) is 6.14. The molecule has 1 rings (SSSR count). The summed E-state index contributed by atoms with van der Waals surface area (Å²) in [4.78, 5) is 4.48. The summed E-state index contributed by atoms with van der Waals surface area (Å²) in [5.74, 6) is 0.941. The molecule has 0 aliphatic carbocycles. The van der Waals surface area contributed by atoms with E-state index in [-0.39, 0.29) is 35.9 Å². The number of ether oxygens (including phenoxy) is 1. The maximum atomic E-state index is 12.9. The Balaban J connectivity index is 0.00000729. The fourth-order valence-corrected chi connectivity index (χ4v) is 3.29. The zero-order chi connectivity index (χ0) is 20.3. The van der Waals surface area contributed by atoms with E-state index in [9.17, 15) is 12.8 Å². The Morgan fingerprint density at radius 2 is 1.89 bits per heavy atom. The fourth-order valence-electron chi connectivity index (χ4n) is 2.36. The van der Waals surface area contributed by atoms with Crippen LogP contribution in [-0.4, -0.2) is 63.8 Å². The van der Waals surface area contributed by atoms with Crippen LogP contribution < -0.4 is 15.4 Å². The number of nitrogens with zero attached hydrogens (tertiary/aromatic N) is 2. The summed E-state index contributed by atoms with van der Waals surface area (Å²) in [7, 11) is -3.16. The number of nitrogens with one attached hydrogen (secondary N) is 2. The molecule has 0 bridgehead atoms. The summed E-state index contributed by atoms with van der Waals surface area (Å²) < 4.78 is 43.2. The average molecular weight is 530 g/mol. The van der Waals surface area contributed by atoms with Gasteiger partial charge in [0.05, 0.1) is 12.8 Å². The van der Waals surface area contributed by atoms with Crippen molar-refractivity contribution in [3.8, 4) is 5.75 Å². The summed E-state index contributed by atoms with van der Waals surface area (Å²) in [5.41, 5.74) is 0. The van der Waals surface area contributed by atoms with Crippen molar-refractivity contribution in [1.82, 2.24) is 14.9 Å². The van der Waals surface area contributed by atoms with Gasteiger partial charge in [0.1, 0.15) is 17.7 Å². The van der Waals surface area contributed by atoms with Crippen molar-refractivity contribution in [3.63, 3.8) is 0 Å². The van der Waals surface area contributed by atoms with Crippen molar-refractivity contribution in [2.45, 2.75) is 33.3 Å². The van der Waals surface area contributed by atoms with Crippen LogP contribution in [0.1, 0.15) is 27.2 Å². The normalized spacial score (nSPS) is 13.0. The minimum atomic E-state index is -3.16. The van der Waals surface area contributed by atoms with Crippen molar-refractivity contribution < 1.29 is 17.5 Å². The van der Waals surface area contributed by atoms with Crippen LogP contribution in [0.5, 0.6) is 5.75 Å². The highest BCUT2D eigenvalue weighted by Crippen LogP contribution is 2.13. The smallest absolute Gasteiger partial charge is 0.211 e. The Labute approximate surface area is 185 Å². The van der Waals surface area contributed by atoms with Crippen LogP contribution in [0.2, 0.25) is 0 Å². The first-order valence-corrected chi connectivity index (χ1v) is 11.0. The zero-order valence-corrected chi connectivity index (χ0v) is 20.1. The molecule has 10 heteroatoms. The third-order valence-electron chi connectivity index (χ3n) is 3.70. The van der Waals surface area contributed by atoms with Crippen LogP contribution in [0.15, 0.2) is 29.3 Å². The molecular formula is C18H32FIN4O3S. The summed E-state index contributed by atoms with van der Waals surface area (Å²) >= 11 is 0. The lowest BCUT2D eigenvalue weighted by Gasteiger charge is -2.18. The Kier molecular flexibility index (Phi) is 13.4. The van der Waals surface area contributed by atoms with Crippen molar-refractivity contribution in [3.05, 3.63) is 30.1 Å². The van der Waals surface area contributed by atoms with Gasteiger partial charge in [0.25, 0.3) is 0 Å². The topological polar surface area (TPSA) is 83.0 Å². The number of benzene rings is 1. The van der Waals surface area contributed by atoms with Gasteiger partial charge in [0, 0.05) is 26.2 Å². The SMILES string of the molecule is CCNC(=NCC(C)Oc1ccc(F)cc1)NCCCN(CC)S(C)(=O)=O.I. The van der Waals surface area contributed by atoms with Gasteiger partial charge in [0.2, 0.25) is 10.0 Å². The summed E-state index contributed by atoms with van der Waals surface area (Å²) in [5, 5.41) is 6.33. The molecule has 0 fully saturated rings. The molecule has 1 aromatic carbocycles. The first-order chi connectivity index (χ1) is 12.8. The first kappa shape index (κ1) is 26.9. The van der Waals surface area contributed by atoms with E-state index in [1.165, 1.54) is 22.7 Å². The third kappa shape index (κ3) is 11.0. The van der Waals surface area contributed by atoms with Crippen LogP contribution in [0, 0.1) is 5.82 Å². The minimum absolute atomic E-state index is 0. The molecule has 0 aliphatic heterocycles. The van der Waals surface area contributed by atoms with Gasteiger partial charge in [-0.25, -0.2) is 22.1 Å². The fraction of sp³-hybridized carbons (Fsp3) is 0.611. The van der Waals surface area contributed by atoms with E-state index >= 15 is 0 Å². The molecule has 0 radical (unpaired) electrons. The van der Waals surface area contributed by atoms with Gasteiger partial charge in [-0.3, -0.25) is 0 Å². The molecule has 28 heavy (non-hydrogen) atoms. The van der Waals surface area contributed by atoms with E-state index in [2.05, 4.69) is 15.6 Å². The predicted octanol–water partition coefficient (Wildman–Crippen LogP) is 2.44. The number of aliphatic imine (C=N–C) groups is 1. The lowest BCUT2D eigenvalue weighted by atomic mass is 10.3. The summed E-state index contributed by atoms with van der Waals surface area (Å²) in [6.07, 6.45) is 1.72. The van der Waals surface area contributed by atoms with Crippen LogP contribution in [0.4, 0.5) is 4.39 Å². The number of hydrogen-bond acceptors (Lipinski definition) is 4. The molecule has 1 atom stereocenters. The largest absolute Gasteiger partial charge is 0.489 e. The van der Waals surface area contributed by atoms with E-state index in [1.54, 1.807) is 12.1 Å². The third-order valence-corrected chi connectivity index (χ3v) is 5.08. The molecule has 2 N–H and O–H groups in total. The van der Waals surface area contributed by atoms with Gasteiger partial charge in [-0.15, -0.1) is 24.0 Å². The van der Waals surface area contributed by atoms with E-state index < -0.39 is 10.0 Å².